The van der Waals surface area contributed by atoms with Gasteiger partial charge in [0.2, 0.25) is 5.91 Å². The molecule has 1 atom stereocenters. The Kier molecular flexibility index (Phi) is 3.37. The number of hydrogen-bond donors (Lipinski definition) is 2. The highest BCUT2D eigenvalue weighted by Gasteiger charge is 2.18. The number of hydrogen-bond acceptors (Lipinski definition) is 4. The van der Waals surface area contributed by atoms with E-state index in [9.17, 15) is 4.79 Å². The van der Waals surface area contributed by atoms with Crippen molar-refractivity contribution >= 4 is 22.5 Å². The zero-order chi connectivity index (χ0) is 14.8. The SMILES string of the molecule is Cn1cc(C(N)C(=O)Nc2cccc3cccnc23)cn1. The maximum atomic E-state index is 12.3. The Labute approximate surface area is 121 Å². The number of nitrogens with two attached hydrogens (primary N) is 1. The molecule has 21 heavy (non-hydrogen) atoms. The van der Waals surface area contributed by atoms with Crippen LogP contribution in [0.3, 0.4) is 0 Å². The molecule has 3 N–H and O–H groups in total. The number of fused-ring (bicyclic) bond motifs is 1. The first kappa shape index (κ1) is 13.3. The molecule has 0 radical (unpaired) electrons. The molecule has 3 rings (SSSR count). The molecule has 1 unspecified atom stereocenters. The number of carbonyl (C=O) groups is 1. The van der Waals surface area contributed by atoms with Gasteiger partial charge in [0, 0.05) is 30.4 Å². The second-order valence-corrected chi connectivity index (χ2v) is 4.79. The second-order valence-electron chi connectivity index (χ2n) is 4.79. The van der Waals surface area contributed by atoms with Gasteiger partial charge in [0.15, 0.2) is 0 Å². The highest BCUT2D eigenvalue weighted by molar-refractivity contribution is 6.02. The summed E-state index contributed by atoms with van der Waals surface area (Å²) in [5.41, 5.74) is 8.02. The van der Waals surface area contributed by atoms with Crippen molar-refractivity contribution in [2.75, 3.05) is 5.32 Å². The van der Waals surface area contributed by atoms with Gasteiger partial charge in [-0.15, -0.1) is 0 Å². The maximum Gasteiger partial charge on any atom is 0.246 e. The van der Waals surface area contributed by atoms with Crippen LogP contribution in [0.1, 0.15) is 11.6 Å². The van der Waals surface area contributed by atoms with E-state index in [0.29, 0.717) is 11.3 Å². The van der Waals surface area contributed by atoms with E-state index >= 15 is 0 Å². The quantitative estimate of drug-likeness (QED) is 0.763. The first-order valence-corrected chi connectivity index (χ1v) is 6.54. The summed E-state index contributed by atoms with van der Waals surface area (Å²) in [7, 11) is 1.78. The normalized spacial score (nSPS) is 12.3. The monoisotopic (exact) mass is 281 g/mol. The number of benzene rings is 1. The first-order chi connectivity index (χ1) is 10.1. The summed E-state index contributed by atoms with van der Waals surface area (Å²) in [6.45, 7) is 0. The lowest BCUT2D eigenvalue weighted by atomic mass is 10.1. The van der Waals surface area contributed by atoms with Crippen LogP contribution in [0.25, 0.3) is 10.9 Å². The summed E-state index contributed by atoms with van der Waals surface area (Å²) in [5, 5.41) is 7.81. The fourth-order valence-electron chi connectivity index (χ4n) is 2.17. The third kappa shape index (κ3) is 2.61. The lowest BCUT2D eigenvalue weighted by Crippen LogP contribution is -2.27. The van der Waals surface area contributed by atoms with Gasteiger partial charge in [-0.3, -0.25) is 14.5 Å². The molecule has 0 saturated heterocycles. The maximum absolute atomic E-state index is 12.3. The van der Waals surface area contributed by atoms with E-state index in [0.717, 1.165) is 10.9 Å². The Morgan fingerprint density at radius 1 is 1.33 bits per heavy atom. The molecule has 3 aromatic rings. The predicted octanol–water partition coefficient (Wildman–Crippen LogP) is 1.61. The van der Waals surface area contributed by atoms with E-state index < -0.39 is 6.04 Å². The number of nitrogens with one attached hydrogen (secondary N) is 1. The molecule has 0 aliphatic carbocycles. The largest absolute Gasteiger partial charge is 0.323 e. The molecule has 2 heterocycles. The Hall–Kier alpha value is -2.73. The molecular formula is C15H15N5O. The molecule has 0 aliphatic heterocycles. The molecule has 0 bridgehead atoms. The van der Waals surface area contributed by atoms with Crippen LogP contribution < -0.4 is 11.1 Å². The van der Waals surface area contributed by atoms with Crippen LogP contribution in [-0.4, -0.2) is 20.7 Å². The Bertz CT molecular complexity index is 790. The number of anilines is 1. The summed E-state index contributed by atoms with van der Waals surface area (Å²) < 4.78 is 1.61. The van der Waals surface area contributed by atoms with E-state index in [-0.39, 0.29) is 5.91 Å². The lowest BCUT2D eigenvalue weighted by molar-refractivity contribution is -0.117. The number of pyridine rings is 1. The van der Waals surface area contributed by atoms with E-state index in [1.807, 2.05) is 30.3 Å². The molecule has 0 saturated carbocycles. The number of amides is 1. The van der Waals surface area contributed by atoms with Crippen LogP contribution in [0.5, 0.6) is 0 Å². The summed E-state index contributed by atoms with van der Waals surface area (Å²) in [5.74, 6) is -0.291. The summed E-state index contributed by atoms with van der Waals surface area (Å²) in [6.07, 6.45) is 5.01. The van der Waals surface area contributed by atoms with Gasteiger partial charge in [-0.25, -0.2) is 0 Å². The van der Waals surface area contributed by atoms with Crippen molar-refractivity contribution in [2.24, 2.45) is 12.8 Å². The van der Waals surface area contributed by atoms with Crippen molar-refractivity contribution in [2.45, 2.75) is 6.04 Å². The van der Waals surface area contributed by atoms with Gasteiger partial charge >= 0.3 is 0 Å². The van der Waals surface area contributed by atoms with Gasteiger partial charge in [-0.05, 0) is 12.1 Å². The minimum Gasteiger partial charge on any atom is -0.323 e. The molecule has 1 amide bonds. The van der Waals surface area contributed by atoms with Crippen molar-refractivity contribution in [3.8, 4) is 0 Å². The van der Waals surface area contributed by atoms with E-state index in [1.165, 1.54) is 0 Å². The highest BCUT2D eigenvalue weighted by Crippen LogP contribution is 2.21. The van der Waals surface area contributed by atoms with Crippen molar-refractivity contribution < 1.29 is 4.79 Å². The Morgan fingerprint density at radius 3 is 2.90 bits per heavy atom. The standard InChI is InChI=1S/C15H15N5O/c1-20-9-11(8-18-20)13(16)15(21)19-12-6-2-4-10-5-3-7-17-14(10)12/h2-9,13H,16H2,1H3,(H,19,21). The van der Waals surface area contributed by atoms with Crippen LogP contribution in [0.2, 0.25) is 0 Å². The topological polar surface area (TPSA) is 85.8 Å². The number of rotatable bonds is 3. The molecule has 6 heteroatoms. The average Bonchev–Trinajstić information content (AvgIpc) is 2.93. The number of nitrogens with zero attached hydrogens (tertiary/aromatic N) is 3. The molecule has 6 nitrogen and oxygen atoms in total. The van der Waals surface area contributed by atoms with Crippen LogP contribution in [0.15, 0.2) is 48.9 Å². The minimum absolute atomic E-state index is 0.291. The number of carbonyl (C=O) groups excluding carboxylic acids is 1. The zero-order valence-corrected chi connectivity index (χ0v) is 11.5. The van der Waals surface area contributed by atoms with Gasteiger partial charge in [-0.1, -0.05) is 18.2 Å². The lowest BCUT2D eigenvalue weighted by Gasteiger charge is -2.12. The van der Waals surface area contributed by atoms with Crippen LogP contribution in [-0.2, 0) is 11.8 Å². The van der Waals surface area contributed by atoms with Gasteiger partial charge in [0.25, 0.3) is 0 Å². The second kappa shape index (κ2) is 5.34. The van der Waals surface area contributed by atoms with Gasteiger partial charge in [0.05, 0.1) is 17.4 Å². The number of aromatic nitrogens is 3. The number of para-hydroxylation sites is 1. The van der Waals surface area contributed by atoms with Crippen molar-refractivity contribution in [1.82, 2.24) is 14.8 Å². The third-order valence-corrected chi connectivity index (χ3v) is 3.26. The molecule has 1 aromatic carbocycles. The van der Waals surface area contributed by atoms with Crippen LogP contribution >= 0.6 is 0 Å². The molecule has 106 valence electrons. The van der Waals surface area contributed by atoms with Crippen molar-refractivity contribution in [1.29, 1.82) is 0 Å². The van der Waals surface area contributed by atoms with Gasteiger partial charge in [-0.2, -0.15) is 5.10 Å². The fraction of sp³-hybridized carbons (Fsp3) is 0.133. The van der Waals surface area contributed by atoms with E-state index in [4.69, 9.17) is 5.73 Å². The molecule has 0 fully saturated rings. The van der Waals surface area contributed by atoms with E-state index in [1.54, 1.807) is 30.3 Å². The Morgan fingerprint density at radius 2 is 2.14 bits per heavy atom. The van der Waals surface area contributed by atoms with Gasteiger partial charge in [0.1, 0.15) is 6.04 Å². The average molecular weight is 281 g/mol. The fourth-order valence-corrected chi connectivity index (χ4v) is 2.17. The highest BCUT2D eigenvalue weighted by atomic mass is 16.2. The summed E-state index contributed by atoms with van der Waals surface area (Å²) >= 11 is 0. The third-order valence-electron chi connectivity index (χ3n) is 3.26. The predicted molar refractivity (Wildman–Crippen MR) is 80.5 cm³/mol. The Balaban J connectivity index is 1.86. The summed E-state index contributed by atoms with van der Waals surface area (Å²) in [4.78, 5) is 16.6. The minimum atomic E-state index is -0.766. The molecular weight excluding hydrogens is 266 g/mol. The molecule has 0 spiro atoms. The van der Waals surface area contributed by atoms with Crippen LogP contribution in [0.4, 0.5) is 5.69 Å². The summed E-state index contributed by atoms with van der Waals surface area (Å²) in [6, 6.07) is 8.66. The smallest absolute Gasteiger partial charge is 0.246 e. The van der Waals surface area contributed by atoms with Gasteiger partial charge < -0.3 is 11.1 Å². The molecule has 0 aliphatic rings. The van der Waals surface area contributed by atoms with Crippen molar-refractivity contribution in [3.05, 3.63) is 54.5 Å². The zero-order valence-electron chi connectivity index (χ0n) is 11.5. The number of aryl methyl sites for hydroxylation is 1. The van der Waals surface area contributed by atoms with E-state index in [2.05, 4.69) is 15.4 Å². The van der Waals surface area contributed by atoms with Crippen molar-refractivity contribution in [3.63, 3.8) is 0 Å². The first-order valence-electron chi connectivity index (χ1n) is 6.54. The molecule has 2 aromatic heterocycles. The van der Waals surface area contributed by atoms with Crippen LogP contribution in [0, 0.1) is 0 Å².